The summed E-state index contributed by atoms with van der Waals surface area (Å²) in [5.74, 6) is 0. The van der Waals surface area contributed by atoms with Gasteiger partial charge in [-0.1, -0.05) is 48.6 Å². The maximum absolute atomic E-state index is 12.1. The molecule has 0 bridgehead atoms. The summed E-state index contributed by atoms with van der Waals surface area (Å²) in [4.78, 5) is 13.9. The van der Waals surface area contributed by atoms with Crippen LogP contribution in [0.5, 0.6) is 0 Å². The molecule has 0 atom stereocenters. The van der Waals surface area contributed by atoms with Crippen LogP contribution in [0.4, 0.5) is 4.79 Å². The lowest BCUT2D eigenvalue weighted by Crippen LogP contribution is -2.39. The van der Waals surface area contributed by atoms with Crippen LogP contribution in [0.15, 0.2) is 48.6 Å². The lowest BCUT2D eigenvalue weighted by molar-refractivity contribution is 0.0270. The molecule has 0 unspecified atom stereocenters. The molecule has 1 aromatic carbocycles. The summed E-state index contributed by atoms with van der Waals surface area (Å²) in [5.41, 5.74) is 4.68. The highest BCUT2D eigenvalue weighted by Gasteiger charge is 2.23. The summed E-state index contributed by atoms with van der Waals surface area (Å²) in [5, 5.41) is 0. The molecule has 0 saturated carbocycles. The molecule has 0 saturated heterocycles. The topological polar surface area (TPSA) is 29.5 Å². The Morgan fingerprint density at radius 1 is 1.04 bits per heavy atom. The van der Waals surface area contributed by atoms with Crippen molar-refractivity contribution in [2.75, 3.05) is 13.1 Å². The Labute approximate surface area is 150 Å². The Morgan fingerprint density at radius 2 is 1.76 bits per heavy atom. The van der Waals surface area contributed by atoms with Crippen molar-refractivity contribution in [1.29, 1.82) is 0 Å². The molecule has 0 N–H and O–H groups in total. The van der Waals surface area contributed by atoms with Gasteiger partial charge in [-0.3, -0.25) is 0 Å². The smallest absolute Gasteiger partial charge is 0.410 e. The van der Waals surface area contributed by atoms with E-state index >= 15 is 0 Å². The van der Waals surface area contributed by atoms with Crippen LogP contribution in [0.3, 0.4) is 0 Å². The number of ether oxygens (including phenoxy) is 1. The van der Waals surface area contributed by atoms with Crippen molar-refractivity contribution < 1.29 is 9.53 Å². The van der Waals surface area contributed by atoms with E-state index < -0.39 is 5.60 Å². The lowest BCUT2D eigenvalue weighted by Gasteiger charge is -2.29. The van der Waals surface area contributed by atoms with Crippen molar-refractivity contribution in [1.82, 2.24) is 4.90 Å². The summed E-state index contributed by atoms with van der Waals surface area (Å²) in [6.07, 6.45) is 11.8. The molecular formula is C22H27NO2. The van der Waals surface area contributed by atoms with E-state index in [1.54, 1.807) is 4.90 Å². The predicted molar refractivity (Wildman–Crippen MR) is 103 cm³/mol. The summed E-state index contributed by atoms with van der Waals surface area (Å²) in [6.45, 7) is 7.01. The quantitative estimate of drug-likeness (QED) is 0.719. The third-order valence-electron chi connectivity index (χ3n) is 4.44. The molecule has 1 aliphatic heterocycles. The Bertz CT molecular complexity index is 717. The average molecular weight is 337 g/mol. The minimum Gasteiger partial charge on any atom is -0.444 e. The Hall–Kier alpha value is -2.29. The van der Waals surface area contributed by atoms with Crippen LogP contribution in [0.1, 0.15) is 51.2 Å². The third-order valence-corrected chi connectivity index (χ3v) is 4.44. The van der Waals surface area contributed by atoms with Gasteiger partial charge >= 0.3 is 6.09 Å². The first-order valence-corrected chi connectivity index (χ1v) is 9.07. The van der Waals surface area contributed by atoms with Gasteiger partial charge in [-0.05, 0) is 62.3 Å². The van der Waals surface area contributed by atoms with Crippen molar-refractivity contribution in [3.8, 4) is 0 Å². The number of amides is 1. The molecule has 2 aliphatic rings. The number of carbonyl (C=O) groups is 1. The first-order chi connectivity index (χ1) is 11.9. The molecule has 0 radical (unpaired) electrons. The van der Waals surface area contributed by atoms with Crippen molar-refractivity contribution >= 4 is 17.2 Å². The highest BCUT2D eigenvalue weighted by molar-refractivity contribution is 5.77. The van der Waals surface area contributed by atoms with Gasteiger partial charge in [-0.25, -0.2) is 4.79 Å². The molecule has 0 spiro atoms. The normalized spacial score (nSPS) is 17.8. The number of hydrogen-bond acceptors (Lipinski definition) is 2. The van der Waals surface area contributed by atoms with Crippen LogP contribution in [-0.2, 0) is 4.74 Å². The van der Waals surface area contributed by atoms with Gasteiger partial charge in [0.1, 0.15) is 5.60 Å². The van der Waals surface area contributed by atoms with Gasteiger partial charge in [0.25, 0.3) is 0 Å². The average Bonchev–Trinajstić information content (AvgIpc) is 2.61. The zero-order chi connectivity index (χ0) is 17.9. The van der Waals surface area contributed by atoms with E-state index in [-0.39, 0.29) is 6.09 Å². The van der Waals surface area contributed by atoms with Gasteiger partial charge in [0.15, 0.2) is 0 Å². The highest BCUT2D eigenvalue weighted by Crippen LogP contribution is 2.26. The Morgan fingerprint density at radius 3 is 2.32 bits per heavy atom. The number of rotatable bonds is 2. The van der Waals surface area contributed by atoms with E-state index in [2.05, 4.69) is 48.6 Å². The summed E-state index contributed by atoms with van der Waals surface area (Å²) < 4.78 is 5.45. The zero-order valence-electron chi connectivity index (χ0n) is 15.4. The molecule has 3 heteroatoms. The van der Waals surface area contributed by atoms with E-state index in [1.807, 2.05) is 20.8 Å². The SMILES string of the molecule is CC(C)(C)OC(=O)N1CC=C(c2ccc(C3=CCCC=C3)cc2)CC1. The van der Waals surface area contributed by atoms with E-state index in [4.69, 9.17) is 4.74 Å². The Kier molecular flexibility index (Phi) is 5.12. The van der Waals surface area contributed by atoms with Crippen molar-refractivity contribution in [2.24, 2.45) is 0 Å². The molecule has 0 fully saturated rings. The van der Waals surface area contributed by atoms with Crippen LogP contribution in [0.2, 0.25) is 0 Å². The van der Waals surface area contributed by atoms with Crippen LogP contribution in [-0.4, -0.2) is 29.7 Å². The number of nitrogens with zero attached hydrogens (tertiary/aromatic N) is 1. The second kappa shape index (κ2) is 7.30. The number of benzene rings is 1. The fourth-order valence-corrected chi connectivity index (χ4v) is 3.13. The molecule has 25 heavy (non-hydrogen) atoms. The molecular weight excluding hydrogens is 310 g/mol. The Balaban J connectivity index is 1.64. The van der Waals surface area contributed by atoms with Crippen molar-refractivity contribution in [3.63, 3.8) is 0 Å². The minimum absolute atomic E-state index is 0.228. The van der Waals surface area contributed by atoms with Crippen LogP contribution in [0, 0.1) is 0 Å². The van der Waals surface area contributed by atoms with Crippen molar-refractivity contribution in [3.05, 3.63) is 59.7 Å². The van der Waals surface area contributed by atoms with E-state index in [0.29, 0.717) is 13.1 Å². The molecule has 132 valence electrons. The van der Waals surface area contributed by atoms with E-state index in [1.165, 1.54) is 22.3 Å². The van der Waals surface area contributed by atoms with Crippen LogP contribution in [0.25, 0.3) is 11.1 Å². The summed E-state index contributed by atoms with van der Waals surface area (Å²) >= 11 is 0. The molecule has 0 aromatic heterocycles. The van der Waals surface area contributed by atoms with Gasteiger partial charge < -0.3 is 9.64 Å². The highest BCUT2D eigenvalue weighted by atomic mass is 16.6. The van der Waals surface area contributed by atoms with Crippen LogP contribution >= 0.6 is 0 Å². The second-order valence-corrected chi connectivity index (χ2v) is 7.62. The molecule has 1 amide bonds. The van der Waals surface area contributed by atoms with E-state index in [0.717, 1.165) is 19.3 Å². The van der Waals surface area contributed by atoms with Crippen molar-refractivity contribution in [2.45, 2.75) is 45.6 Å². The molecule has 1 aromatic rings. The maximum Gasteiger partial charge on any atom is 0.410 e. The fourth-order valence-electron chi connectivity index (χ4n) is 3.13. The molecule has 3 rings (SSSR count). The molecule has 1 heterocycles. The minimum atomic E-state index is -0.445. The number of allylic oxidation sites excluding steroid dienone is 4. The summed E-state index contributed by atoms with van der Waals surface area (Å²) in [7, 11) is 0. The standard InChI is InChI=1S/C22H27NO2/c1-22(2,3)25-21(24)23-15-13-20(14-16-23)19-11-9-18(10-12-19)17-7-5-4-6-8-17/h5,7-13H,4,6,14-16H2,1-3H3. The number of carbonyl (C=O) groups excluding carboxylic acids is 1. The summed E-state index contributed by atoms with van der Waals surface area (Å²) in [6, 6.07) is 8.76. The van der Waals surface area contributed by atoms with Gasteiger partial charge in [0.2, 0.25) is 0 Å². The van der Waals surface area contributed by atoms with Gasteiger partial charge in [-0.15, -0.1) is 0 Å². The zero-order valence-corrected chi connectivity index (χ0v) is 15.4. The lowest BCUT2D eigenvalue weighted by atomic mass is 9.95. The first kappa shape index (κ1) is 17.5. The largest absolute Gasteiger partial charge is 0.444 e. The fraction of sp³-hybridized carbons (Fsp3) is 0.409. The first-order valence-electron chi connectivity index (χ1n) is 9.07. The van der Waals surface area contributed by atoms with Gasteiger partial charge in [0, 0.05) is 13.1 Å². The maximum atomic E-state index is 12.1. The van der Waals surface area contributed by atoms with E-state index in [9.17, 15) is 4.79 Å². The second-order valence-electron chi connectivity index (χ2n) is 7.62. The van der Waals surface area contributed by atoms with Gasteiger partial charge in [-0.2, -0.15) is 0 Å². The molecule has 1 aliphatic carbocycles. The molecule has 3 nitrogen and oxygen atoms in total. The van der Waals surface area contributed by atoms with Gasteiger partial charge in [0.05, 0.1) is 0 Å². The monoisotopic (exact) mass is 337 g/mol. The third kappa shape index (κ3) is 4.62. The predicted octanol–water partition coefficient (Wildman–Crippen LogP) is 5.44. The number of hydrogen-bond donors (Lipinski definition) is 0. The van der Waals surface area contributed by atoms with Crippen LogP contribution < -0.4 is 0 Å².